The van der Waals surface area contributed by atoms with Gasteiger partial charge in [0.15, 0.2) is 9.84 Å². The summed E-state index contributed by atoms with van der Waals surface area (Å²) in [7, 11) is -3.04. The number of carbonyl (C=O) groups is 1. The number of ether oxygens (including phenoxy) is 1. The molecule has 0 bridgehead atoms. The van der Waals surface area contributed by atoms with Gasteiger partial charge in [-0.1, -0.05) is 6.92 Å². The zero-order valence-electron chi connectivity index (χ0n) is 8.36. The van der Waals surface area contributed by atoms with Crippen LogP contribution >= 0.6 is 0 Å². The van der Waals surface area contributed by atoms with E-state index in [1.165, 1.54) is 0 Å². The van der Waals surface area contributed by atoms with Crippen molar-refractivity contribution in [3.63, 3.8) is 0 Å². The van der Waals surface area contributed by atoms with Crippen LogP contribution in [0.3, 0.4) is 0 Å². The van der Waals surface area contributed by atoms with E-state index in [0.29, 0.717) is 13.0 Å². The Kier molecular flexibility index (Phi) is 6.48. The van der Waals surface area contributed by atoms with Crippen LogP contribution in [0.5, 0.6) is 0 Å². The first kappa shape index (κ1) is 13.4. The minimum absolute atomic E-state index is 0.0560. The summed E-state index contributed by atoms with van der Waals surface area (Å²) in [6.07, 6.45) is 0.821. The highest BCUT2D eigenvalue weighted by molar-refractivity contribution is 7.91. The molecule has 5 nitrogen and oxygen atoms in total. The predicted octanol–water partition coefficient (Wildman–Crippen LogP) is -0.297. The van der Waals surface area contributed by atoms with Gasteiger partial charge in [-0.25, -0.2) is 8.42 Å². The Balaban J connectivity index is 3.59. The molecule has 0 aromatic rings. The topological polar surface area (TPSA) is 86.5 Å². The maximum Gasteiger partial charge on any atom is 0.305 e. The number of carbonyl (C=O) groups excluding carboxylic acids is 1. The summed E-state index contributed by atoms with van der Waals surface area (Å²) in [5, 5.41) is 0. The average Bonchev–Trinajstić information content (AvgIpc) is 2.14. The third-order valence-electron chi connectivity index (χ3n) is 1.68. The summed E-state index contributed by atoms with van der Waals surface area (Å²) in [5.74, 6) is -0.410. The fourth-order valence-electron chi connectivity index (χ4n) is 0.745. The van der Waals surface area contributed by atoms with Crippen molar-refractivity contribution < 1.29 is 17.9 Å². The van der Waals surface area contributed by atoms with E-state index in [1.54, 1.807) is 6.92 Å². The first-order chi connectivity index (χ1) is 6.52. The molecular weight excluding hydrogens is 206 g/mol. The van der Waals surface area contributed by atoms with Crippen molar-refractivity contribution in [2.45, 2.75) is 19.8 Å². The summed E-state index contributed by atoms with van der Waals surface area (Å²) < 4.78 is 26.7. The van der Waals surface area contributed by atoms with Crippen LogP contribution in [0.1, 0.15) is 19.8 Å². The highest BCUT2D eigenvalue weighted by Crippen LogP contribution is 1.94. The number of hydrogen-bond acceptors (Lipinski definition) is 5. The smallest absolute Gasteiger partial charge is 0.305 e. The molecule has 0 spiro atoms. The molecule has 0 unspecified atom stereocenters. The van der Waals surface area contributed by atoms with Crippen LogP contribution in [0.25, 0.3) is 0 Å². The molecule has 0 atom stereocenters. The van der Waals surface area contributed by atoms with Gasteiger partial charge in [0.1, 0.15) is 6.61 Å². The Bertz CT molecular complexity index is 261. The van der Waals surface area contributed by atoms with Gasteiger partial charge in [0.05, 0.1) is 5.75 Å². The van der Waals surface area contributed by atoms with Crippen LogP contribution in [0.4, 0.5) is 0 Å². The molecule has 0 rings (SSSR count). The quantitative estimate of drug-likeness (QED) is 0.599. The molecule has 84 valence electrons. The Morgan fingerprint density at radius 1 is 1.43 bits per heavy atom. The van der Waals surface area contributed by atoms with Crippen LogP contribution in [-0.4, -0.2) is 39.0 Å². The molecule has 6 heteroatoms. The van der Waals surface area contributed by atoms with Gasteiger partial charge >= 0.3 is 5.97 Å². The lowest BCUT2D eigenvalue weighted by atomic mass is 10.3. The van der Waals surface area contributed by atoms with Crippen LogP contribution in [0.15, 0.2) is 0 Å². The first-order valence-corrected chi connectivity index (χ1v) is 6.40. The molecular formula is C8H17NO4S. The summed E-state index contributed by atoms with van der Waals surface area (Å²) in [6, 6.07) is 0. The van der Waals surface area contributed by atoms with Gasteiger partial charge in [-0.15, -0.1) is 0 Å². The second-order valence-corrected chi connectivity index (χ2v) is 5.32. The van der Waals surface area contributed by atoms with Crippen molar-refractivity contribution in [2.75, 3.05) is 24.7 Å². The van der Waals surface area contributed by atoms with Crippen LogP contribution in [0.2, 0.25) is 0 Å². The highest BCUT2D eigenvalue weighted by Gasteiger charge is 2.09. The van der Waals surface area contributed by atoms with Gasteiger partial charge < -0.3 is 10.5 Å². The average molecular weight is 223 g/mol. The lowest BCUT2D eigenvalue weighted by molar-refractivity contribution is -0.143. The molecule has 0 aliphatic carbocycles. The van der Waals surface area contributed by atoms with Gasteiger partial charge in [-0.2, -0.15) is 0 Å². The van der Waals surface area contributed by atoms with E-state index >= 15 is 0 Å². The Morgan fingerprint density at radius 2 is 2.07 bits per heavy atom. The Labute approximate surface area is 84.5 Å². The van der Waals surface area contributed by atoms with Crippen LogP contribution in [-0.2, 0) is 19.4 Å². The third-order valence-corrected chi connectivity index (χ3v) is 3.35. The SMILES string of the molecule is CCS(=O)(=O)CCOC(=O)CCCN. The Hall–Kier alpha value is -0.620. The fraction of sp³-hybridized carbons (Fsp3) is 0.875. The molecule has 0 aliphatic rings. The lowest BCUT2D eigenvalue weighted by Crippen LogP contribution is -2.17. The molecule has 0 saturated carbocycles. The molecule has 0 fully saturated rings. The van der Waals surface area contributed by atoms with E-state index in [-0.39, 0.29) is 30.5 Å². The summed E-state index contributed by atoms with van der Waals surface area (Å²) in [6.45, 7) is 1.94. The van der Waals surface area contributed by atoms with Crippen LogP contribution in [0, 0.1) is 0 Å². The monoisotopic (exact) mass is 223 g/mol. The molecule has 0 amide bonds. The standard InChI is InChI=1S/C8H17NO4S/c1-2-14(11,12)7-6-13-8(10)4-3-5-9/h2-7,9H2,1H3. The lowest BCUT2D eigenvalue weighted by Gasteiger charge is -2.03. The second-order valence-electron chi connectivity index (χ2n) is 2.85. The van der Waals surface area contributed by atoms with E-state index in [0.717, 1.165) is 0 Å². The predicted molar refractivity (Wildman–Crippen MR) is 53.6 cm³/mol. The zero-order chi connectivity index (χ0) is 11.0. The van der Waals surface area contributed by atoms with Crippen molar-refractivity contribution >= 4 is 15.8 Å². The van der Waals surface area contributed by atoms with E-state index in [1.807, 2.05) is 0 Å². The molecule has 0 aliphatic heterocycles. The molecule has 0 aromatic carbocycles. The number of rotatable bonds is 7. The molecule has 0 aromatic heterocycles. The van der Waals surface area contributed by atoms with Crippen molar-refractivity contribution in [3.05, 3.63) is 0 Å². The van der Waals surface area contributed by atoms with Crippen molar-refractivity contribution in [1.29, 1.82) is 0 Å². The van der Waals surface area contributed by atoms with Crippen molar-refractivity contribution in [2.24, 2.45) is 5.73 Å². The van der Waals surface area contributed by atoms with Gasteiger partial charge in [0, 0.05) is 12.2 Å². The van der Waals surface area contributed by atoms with Gasteiger partial charge in [-0.3, -0.25) is 4.79 Å². The largest absolute Gasteiger partial charge is 0.465 e. The van der Waals surface area contributed by atoms with Gasteiger partial charge in [-0.05, 0) is 13.0 Å². The van der Waals surface area contributed by atoms with E-state index < -0.39 is 9.84 Å². The summed E-state index contributed by atoms with van der Waals surface area (Å²) >= 11 is 0. The number of sulfone groups is 1. The minimum Gasteiger partial charge on any atom is -0.465 e. The van der Waals surface area contributed by atoms with Crippen molar-refractivity contribution in [3.8, 4) is 0 Å². The minimum atomic E-state index is -3.04. The first-order valence-electron chi connectivity index (χ1n) is 4.58. The fourth-order valence-corrected chi connectivity index (χ4v) is 1.37. The summed E-state index contributed by atoms with van der Waals surface area (Å²) in [5.41, 5.74) is 5.19. The molecule has 14 heavy (non-hydrogen) atoms. The summed E-state index contributed by atoms with van der Waals surface area (Å²) in [4.78, 5) is 10.9. The maximum absolute atomic E-state index is 11.0. The van der Waals surface area contributed by atoms with E-state index in [4.69, 9.17) is 10.5 Å². The maximum atomic E-state index is 11.0. The van der Waals surface area contributed by atoms with Gasteiger partial charge in [0.25, 0.3) is 0 Å². The van der Waals surface area contributed by atoms with E-state index in [2.05, 4.69) is 0 Å². The molecule has 0 heterocycles. The molecule has 0 saturated heterocycles. The normalized spacial score (nSPS) is 11.3. The highest BCUT2D eigenvalue weighted by atomic mass is 32.2. The van der Waals surface area contributed by atoms with Crippen molar-refractivity contribution in [1.82, 2.24) is 0 Å². The zero-order valence-corrected chi connectivity index (χ0v) is 9.18. The van der Waals surface area contributed by atoms with Gasteiger partial charge in [0.2, 0.25) is 0 Å². The van der Waals surface area contributed by atoms with E-state index in [9.17, 15) is 13.2 Å². The molecule has 2 N–H and O–H groups in total. The Morgan fingerprint density at radius 3 is 2.57 bits per heavy atom. The number of nitrogens with two attached hydrogens (primary N) is 1. The number of hydrogen-bond donors (Lipinski definition) is 1. The van der Waals surface area contributed by atoms with Crippen LogP contribution < -0.4 is 5.73 Å². The second kappa shape index (κ2) is 6.78. The third kappa shape index (κ3) is 6.85. The molecule has 0 radical (unpaired) electrons. The number of esters is 1.